The Kier molecular flexibility index (Phi) is 5.11. The van der Waals surface area contributed by atoms with E-state index in [1.807, 2.05) is 37.3 Å². The Morgan fingerprint density at radius 1 is 1.19 bits per heavy atom. The predicted molar refractivity (Wildman–Crippen MR) is 85.2 cm³/mol. The van der Waals surface area contributed by atoms with Crippen molar-refractivity contribution in [3.05, 3.63) is 57.5 Å². The van der Waals surface area contributed by atoms with E-state index in [1.54, 1.807) is 4.57 Å². The highest BCUT2D eigenvalue weighted by atomic mass is 16.1. The highest BCUT2D eigenvalue weighted by molar-refractivity contribution is 5.31. The van der Waals surface area contributed by atoms with Gasteiger partial charge in [-0.3, -0.25) is 9.36 Å². The molecule has 0 atom stereocenters. The summed E-state index contributed by atoms with van der Waals surface area (Å²) in [6.07, 6.45) is 2.33. The van der Waals surface area contributed by atoms with Crippen LogP contribution in [0.1, 0.15) is 29.7 Å². The van der Waals surface area contributed by atoms with Gasteiger partial charge in [0.05, 0.1) is 5.69 Å². The fourth-order valence-electron chi connectivity index (χ4n) is 2.30. The second-order valence-electron chi connectivity index (χ2n) is 5.16. The van der Waals surface area contributed by atoms with Crippen LogP contribution in [0.15, 0.2) is 35.1 Å². The number of unbranched alkanes of at least 4 members (excludes halogenated alkanes) is 1. The summed E-state index contributed by atoms with van der Waals surface area (Å²) in [5, 5.41) is 0. The molecular formula is C16H22N4O. The van der Waals surface area contributed by atoms with Crippen LogP contribution in [0.5, 0.6) is 0 Å². The van der Waals surface area contributed by atoms with Crippen molar-refractivity contribution in [2.75, 3.05) is 12.3 Å². The fraction of sp³-hybridized carbons (Fsp3) is 0.375. The van der Waals surface area contributed by atoms with Crippen molar-refractivity contribution in [2.24, 2.45) is 5.73 Å². The molecule has 1 aromatic heterocycles. The van der Waals surface area contributed by atoms with Gasteiger partial charge in [0.15, 0.2) is 0 Å². The van der Waals surface area contributed by atoms with Gasteiger partial charge in [0.2, 0.25) is 5.95 Å². The number of rotatable bonds is 6. The Morgan fingerprint density at radius 3 is 2.57 bits per heavy atom. The van der Waals surface area contributed by atoms with Crippen LogP contribution < -0.4 is 17.0 Å². The van der Waals surface area contributed by atoms with Gasteiger partial charge < -0.3 is 11.5 Å². The molecule has 5 nitrogen and oxygen atoms in total. The van der Waals surface area contributed by atoms with E-state index in [0.29, 0.717) is 25.1 Å². The molecule has 112 valence electrons. The average molecular weight is 286 g/mol. The number of anilines is 1. The molecule has 0 amide bonds. The van der Waals surface area contributed by atoms with Crippen molar-refractivity contribution < 1.29 is 0 Å². The number of hydrogen-bond acceptors (Lipinski definition) is 4. The molecule has 0 unspecified atom stereocenters. The molecule has 2 rings (SSSR count). The standard InChI is InChI=1S/C16H22N4O/c1-12-14(11-13-7-3-2-4-8-13)19-16(18)20(15(12)21)10-6-5-9-17/h2-4,7-8H,5-6,9-11,17H2,1H3,(H2,18,19). The van der Waals surface area contributed by atoms with Crippen LogP contribution in [0.2, 0.25) is 0 Å². The summed E-state index contributed by atoms with van der Waals surface area (Å²) >= 11 is 0. The molecule has 0 aliphatic heterocycles. The first-order chi connectivity index (χ1) is 10.1. The zero-order valence-corrected chi connectivity index (χ0v) is 12.4. The van der Waals surface area contributed by atoms with Gasteiger partial charge in [0.25, 0.3) is 5.56 Å². The monoisotopic (exact) mass is 286 g/mol. The maximum absolute atomic E-state index is 12.4. The van der Waals surface area contributed by atoms with Crippen molar-refractivity contribution in [2.45, 2.75) is 32.7 Å². The van der Waals surface area contributed by atoms with Crippen LogP contribution in [0.3, 0.4) is 0 Å². The van der Waals surface area contributed by atoms with Crippen LogP contribution in [0.4, 0.5) is 5.95 Å². The van der Waals surface area contributed by atoms with E-state index in [2.05, 4.69) is 4.98 Å². The third-order valence-electron chi connectivity index (χ3n) is 3.58. The summed E-state index contributed by atoms with van der Waals surface area (Å²) in [5.74, 6) is 0.286. The Bertz CT molecular complexity index is 649. The van der Waals surface area contributed by atoms with Gasteiger partial charge in [-0.1, -0.05) is 30.3 Å². The van der Waals surface area contributed by atoms with Gasteiger partial charge in [-0.15, -0.1) is 0 Å². The van der Waals surface area contributed by atoms with E-state index < -0.39 is 0 Å². The maximum atomic E-state index is 12.4. The second kappa shape index (κ2) is 7.04. The van der Waals surface area contributed by atoms with Gasteiger partial charge >= 0.3 is 0 Å². The largest absolute Gasteiger partial charge is 0.369 e. The summed E-state index contributed by atoms with van der Waals surface area (Å²) in [5.41, 5.74) is 13.9. The minimum Gasteiger partial charge on any atom is -0.369 e. The molecule has 0 aliphatic carbocycles. The summed E-state index contributed by atoms with van der Waals surface area (Å²) in [7, 11) is 0. The van der Waals surface area contributed by atoms with E-state index in [9.17, 15) is 4.79 Å². The lowest BCUT2D eigenvalue weighted by atomic mass is 10.1. The normalized spacial score (nSPS) is 10.8. The van der Waals surface area contributed by atoms with Crippen molar-refractivity contribution in [3.8, 4) is 0 Å². The molecule has 1 aromatic carbocycles. The molecule has 4 N–H and O–H groups in total. The Hall–Kier alpha value is -2.14. The maximum Gasteiger partial charge on any atom is 0.258 e. The number of benzene rings is 1. The van der Waals surface area contributed by atoms with E-state index in [-0.39, 0.29) is 11.5 Å². The van der Waals surface area contributed by atoms with Crippen molar-refractivity contribution in [1.29, 1.82) is 0 Å². The van der Waals surface area contributed by atoms with Gasteiger partial charge in [-0.05, 0) is 31.9 Å². The Morgan fingerprint density at radius 2 is 1.90 bits per heavy atom. The lowest BCUT2D eigenvalue weighted by Crippen LogP contribution is -2.28. The van der Waals surface area contributed by atoms with Crippen molar-refractivity contribution >= 4 is 5.95 Å². The third-order valence-corrected chi connectivity index (χ3v) is 3.58. The van der Waals surface area contributed by atoms with Crippen LogP contribution >= 0.6 is 0 Å². The SMILES string of the molecule is Cc1c(Cc2ccccc2)nc(N)n(CCCCN)c1=O. The van der Waals surface area contributed by atoms with Crippen LogP contribution in [0.25, 0.3) is 0 Å². The third kappa shape index (κ3) is 3.70. The van der Waals surface area contributed by atoms with Crippen LogP contribution in [0, 0.1) is 6.92 Å². The van der Waals surface area contributed by atoms with E-state index >= 15 is 0 Å². The molecule has 1 heterocycles. The molecule has 0 radical (unpaired) electrons. The summed E-state index contributed by atoms with van der Waals surface area (Å²) in [6.45, 7) is 3.00. The summed E-state index contributed by atoms with van der Waals surface area (Å²) in [6, 6.07) is 9.95. The highest BCUT2D eigenvalue weighted by Gasteiger charge is 2.11. The molecular weight excluding hydrogens is 264 g/mol. The van der Waals surface area contributed by atoms with Crippen LogP contribution in [-0.2, 0) is 13.0 Å². The summed E-state index contributed by atoms with van der Waals surface area (Å²) < 4.78 is 1.54. The van der Waals surface area contributed by atoms with E-state index in [0.717, 1.165) is 24.1 Å². The molecule has 0 fully saturated rings. The molecule has 0 spiro atoms. The smallest absolute Gasteiger partial charge is 0.258 e. The second-order valence-corrected chi connectivity index (χ2v) is 5.16. The summed E-state index contributed by atoms with van der Waals surface area (Å²) in [4.78, 5) is 16.8. The van der Waals surface area contributed by atoms with E-state index in [4.69, 9.17) is 11.5 Å². The first-order valence-electron chi connectivity index (χ1n) is 7.23. The minimum atomic E-state index is -0.0505. The lowest BCUT2D eigenvalue weighted by Gasteiger charge is -2.13. The fourth-order valence-corrected chi connectivity index (χ4v) is 2.30. The first kappa shape index (κ1) is 15.3. The quantitative estimate of drug-likeness (QED) is 0.787. The number of nitrogens with zero attached hydrogens (tertiary/aromatic N) is 2. The predicted octanol–water partition coefficient (Wildman–Crippen LogP) is 1.46. The molecule has 0 saturated carbocycles. The minimum absolute atomic E-state index is 0.0505. The van der Waals surface area contributed by atoms with Crippen molar-refractivity contribution in [1.82, 2.24) is 9.55 Å². The zero-order chi connectivity index (χ0) is 15.2. The first-order valence-corrected chi connectivity index (χ1v) is 7.23. The van der Waals surface area contributed by atoms with E-state index in [1.165, 1.54) is 0 Å². The van der Waals surface area contributed by atoms with Crippen LogP contribution in [-0.4, -0.2) is 16.1 Å². The zero-order valence-electron chi connectivity index (χ0n) is 12.4. The molecule has 5 heteroatoms. The molecule has 0 saturated heterocycles. The molecule has 21 heavy (non-hydrogen) atoms. The van der Waals surface area contributed by atoms with Gasteiger partial charge in [0, 0.05) is 18.5 Å². The van der Waals surface area contributed by atoms with Gasteiger partial charge in [-0.2, -0.15) is 0 Å². The molecule has 0 aliphatic rings. The Labute approximate surface area is 124 Å². The lowest BCUT2D eigenvalue weighted by molar-refractivity contribution is 0.593. The average Bonchev–Trinajstić information content (AvgIpc) is 2.49. The van der Waals surface area contributed by atoms with Crippen molar-refractivity contribution in [3.63, 3.8) is 0 Å². The number of hydrogen-bond donors (Lipinski definition) is 2. The molecule has 2 aromatic rings. The van der Waals surface area contributed by atoms with Gasteiger partial charge in [-0.25, -0.2) is 4.98 Å². The molecule has 0 bridgehead atoms. The number of aromatic nitrogens is 2. The number of nitrogens with two attached hydrogens (primary N) is 2. The van der Waals surface area contributed by atoms with Gasteiger partial charge in [0.1, 0.15) is 0 Å². The number of nitrogen functional groups attached to an aromatic ring is 1. The highest BCUT2D eigenvalue weighted by Crippen LogP contribution is 2.11. The Balaban J connectivity index is 2.27. The topological polar surface area (TPSA) is 86.9 Å².